The second kappa shape index (κ2) is 4.82. The number of nitrogens with two attached hydrogens (primary N) is 1. The van der Waals surface area contributed by atoms with Gasteiger partial charge >= 0.3 is 0 Å². The summed E-state index contributed by atoms with van der Waals surface area (Å²) >= 11 is 0. The zero-order valence-electron chi connectivity index (χ0n) is 11.3. The van der Waals surface area contributed by atoms with Crippen molar-refractivity contribution >= 4 is 11.6 Å². The summed E-state index contributed by atoms with van der Waals surface area (Å²) in [4.78, 5) is 14.3. The fourth-order valence-electron chi connectivity index (χ4n) is 3.53. The number of halogens is 1. The van der Waals surface area contributed by atoms with Crippen molar-refractivity contribution in [2.75, 3.05) is 11.4 Å². The molecule has 2 fully saturated rings. The van der Waals surface area contributed by atoms with Crippen molar-refractivity contribution in [2.24, 2.45) is 11.1 Å². The molecule has 1 amide bonds. The van der Waals surface area contributed by atoms with Gasteiger partial charge in [-0.05, 0) is 43.5 Å². The minimum absolute atomic E-state index is 0.0319. The highest BCUT2D eigenvalue weighted by Gasteiger charge is 2.55. The van der Waals surface area contributed by atoms with Crippen molar-refractivity contribution in [3.8, 4) is 0 Å². The number of benzene rings is 1. The minimum atomic E-state index is -0.744. The molecule has 3 atom stereocenters. The third-order valence-corrected chi connectivity index (χ3v) is 4.63. The Bertz CT molecular complexity index is 519. The first-order chi connectivity index (χ1) is 9.53. The molecule has 2 aliphatic rings. The highest BCUT2D eigenvalue weighted by Crippen LogP contribution is 2.45. The lowest BCUT2D eigenvalue weighted by Gasteiger charge is -2.36. The van der Waals surface area contributed by atoms with Gasteiger partial charge in [0.2, 0.25) is 5.91 Å². The molecule has 1 heterocycles. The molecule has 0 radical (unpaired) electrons. The Kier molecular flexibility index (Phi) is 3.26. The molecule has 3 unspecified atom stereocenters. The molecular weight excluding hydrogens is 259 g/mol. The van der Waals surface area contributed by atoms with Crippen molar-refractivity contribution in [1.82, 2.24) is 0 Å². The number of rotatable bonds is 1. The summed E-state index contributed by atoms with van der Waals surface area (Å²) in [5.74, 6) is -0.415. The number of nitrogens with zero attached hydrogens (tertiary/aromatic N) is 1. The van der Waals surface area contributed by atoms with Gasteiger partial charge in [-0.2, -0.15) is 0 Å². The predicted molar refractivity (Wildman–Crippen MR) is 73.6 cm³/mol. The summed E-state index contributed by atoms with van der Waals surface area (Å²) < 4.78 is 13.0. The van der Waals surface area contributed by atoms with Crippen LogP contribution in [0.4, 0.5) is 10.1 Å². The summed E-state index contributed by atoms with van der Waals surface area (Å²) in [6.07, 6.45) is 2.27. The lowest BCUT2D eigenvalue weighted by Crippen LogP contribution is -2.46. The number of anilines is 1. The number of hydrogen-bond donors (Lipinski definition) is 2. The van der Waals surface area contributed by atoms with Gasteiger partial charge in [-0.3, -0.25) is 4.79 Å². The first-order valence-corrected chi connectivity index (χ1v) is 7.04. The largest absolute Gasteiger partial charge is 0.390 e. The molecule has 3 rings (SSSR count). The van der Waals surface area contributed by atoms with Gasteiger partial charge in [0.05, 0.1) is 18.1 Å². The first kappa shape index (κ1) is 13.5. The van der Waals surface area contributed by atoms with Crippen LogP contribution in [0.1, 0.15) is 25.7 Å². The third kappa shape index (κ3) is 2.01. The Labute approximate surface area is 117 Å². The van der Waals surface area contributed by atoms with E-state index in [0.29, 0.717) is 18.5 Å². The maximum atomic E-state index is 13.0. The molecule has 1 spiro atoms. The van der Waals surface area contributed by atoms with E-state index in [9.17, 15) is 14.3 Å². The molecule has 0 aromatic heterocycles. The fraction of sp³-hybridized carbons (Fsp3) is 0.533. The van der Waals surface area contributed by atoms with Gasteiger partial charge in [-0.15, -0.1) is 0 Å². The Morgan fingerprint density at radius 2 is 2.05 bits per heavy atom. The Morgan fingerprint density at radius 3 is 2.70 bits per heavy atom. The normalized spacial score (nSPS) is 34.0. The Morgan fingerprint density at radius 1 is 1.35 bits per heavy atom. The summed E-state index contributed by atoms with van der Waals surface area (Å²) in [5, 5.41) is 10.4. The third-order valence-electron chi connectivity index (χ3n) is 4.63. The highest BCUT2D eigenvalue weighted by molar-refractivity contribution is 6.00. The molecule has 1 saturated heterocycles. The summed E-state index contributed by atoms with van der Waals surface area (Å²) in [6.45, 7) is 0.261. The number of carbonyl (C=O) groups excluding carboxylic acids is 1. The maximum absolute atomic E-state index is 13.0. The SMILES string of the molecule is NC1CCCC2(C1)C(=O)N(c1ccc(F)cc1)CC2O. The number of hydrogen-bond acceptors (Lipinski definition) is 3. The van der Waals surface area contributed by atoms with E-state index in [-0.39, 0.29) is 24.3 Å². The van der Waals surface area contributed by atoms with E-state index >= 15 is 0 Å². The van der Waals surface area contributed by atoms with E-state index in [4.69, 9.17) is 5.73 Å². The lowest BCUT2D eigenvalue weighted by atomic mass is 9.70. The Hall–Kier alpha value is -1.46. The molecule has 1 aromatic carbocycles. The van der Waals surface area contributed by atoms with Gasteiger partial charge < -0.3 is 15.7 Å². The molecule has 1 aliphatic heterocycles. The zero-order chi connectivity index (χ0) is 14.3. The van der Waals surface area contributed by atoms with E-state index in [1.807, 2.05) is 0 Å². The van der Waals surface area contributed by atoms with E-state index in [1.165, 1.54) is 12.1 Å². The minimum Gasteiger partial charge on any atom is -0.390 e. The molecule has 3 N–H and O–H groups in total. The quantitative estimate of drug-likeness (QED) is 0.816. The number of carbonyl (C=O) groups is 1. The standard InChI is InChI=1S/C15H19FN2O2/c16-10-3-5-12(6-4-10)18-9-13(19)15(14(18)20)7-1-2-11(17)8-15/h3-6,11,13,19H,1-2,7-9,17H2. The molecule has 1 aromatic rings. The average Bonchev–Trinajstić information content (AvgIpc) is 2.65. The number of amides is 1. The van der Waals surface area contributed by atoms with Crippen LogP contribution in [-0.4, -0.2) is 29.7 Å². The Balaban J connectivity index is 1.90. The van der Waals surface area contributed by atoms with E-state index in [0.717, 1.165) is 12.8 Å². The van der Waals surface area contributed by atoms with Crippen LogP contribution in [0.15, 0.2) is 24.3 Å². The van der Waals surface area contributed by atoms with Crippen molar-refractivity contribution in [1.29, 1.82) is 0 Å². The van der Waals surface area contributed by atoms with Crippen LogP contribution in [0.3, 0.4) is 0 Å². The van der Waals surface area contributed by atoms with Gasteiger partial charge in [-0.25, -0.2) is 4.39 Å². The van der Waals surface area contributed by atoms with Gasteiger partial charge in [0, 0.05) is 11.7 Å². The van der Waals surface area contributed by atoms with E-state index < -0.39 is 11.5 Å². The second-order valence-corrected chi connectivity index (χ2v) is 5.92. The lowest BCUT2D eigenvalue weighted by molar-refractivity contribution is -0.131. The predicted octanol–water partition coefficient (Wildman–Crippen LogP) is 1.42. The van der Waals surface area contributed by atoms with Crippen LogP contribution < -0.4 is 10.6 Å². The number of aliphatic hydroxyl groups excluding tert-OH is 1. The number of aliphatic hydroxyl groups is 1. The van der Waals surface area contributed by atoms with Gasteiger partial charge in [-0.1, -0.05) is 6.42 Å². The zero-order valence-corrected chi connectivity index (χ0v) is 11.3. The molecule has 5 heteroatoms. The van der Waals surface area contributed by atoms with Gasteiger partial charge in [0.1, 0.15) is 5.82 Å². The first-order valence-electron chi connectivity index (χ1n) is 7.04. The van der Waals surface area contributed by atoms with Crippen LogP contribution in [0.2, 0.25) is 0 Å². The average molecular weight is 278 g/mol. The smallest absolute Gasteiger partial charge is 0.236 e. The fourth-order valence-corrected chi connectivity index (χ4v) is 3.53. The van der Waals surface area contributed by atoms with Crippen LogP contribution in [0, 0.1) is 11.2 Å². The molecule has 20 heavy (non-hydrogen) atoms. The molecular formula is C15H19FN2O2. The van der Waals surface area contributed by atoms with Crippen LogP contribution in [-0.2, 0) is 4.79 Å². The van der Waals surface area contributed by atoms with Crippen molar-refractivity contribution in [3.05, 3.63) is 30.1 Å². The van der Waals surface area contributed by atoms with Crippen molar-refractivity contribution in [2.45, 2.75) is 37.8 Å². The summed E-state index contributed by atoms with van der Waals surface area (Å²) in [5.41, 5.74) is 5.87. The van der Waals surface area contributed by atoms with Crippen molar-refractivity contribution < 1.29 is 14.3 Å². The molecule has 108 valence electrons. The van der Waals surface area contributed by atoms with Crippen LogP contribution >= 0.6 is 0 Å². The molecule has 0 bridgehead atoms. The summed E-state index contributed by atoms with van der Waals surface area (Å²) in [7, 11) is 0. The maximum Gasteiger partial charge on any atom is 0.236 e. The topological polar surface area (TPSA) is 66.6 Å². The van der Waals surface area contributed by atoms with E-state index in [1.54, 1.807) is 17.0 Å². The monoisotopic (exact) mass is 278 g/mol. The van der Waals surface area contributed by atoms with Crippen LogP contribution in [0.25, 0.3) is 0 Å². The highest BCUT2D eigenvalue weighted by atomic mass is 19.1. The van der Waals surface area contributed by atoms with Gasteiger partial charge in [0.25, 0.3) is 0 Å². The molecule has 1 aliphatic carbocycles. The second-order valence-electron chi connectivity index (χ2n) is 5.92. The molecule has 1 saturated carbocycles. The number of β-amino-alcohol motifs (C(OH)–C–C–N with tert-alkyl or cyclic N) is 1. The van der Waals surface area contributed by atoms with E-state index in [2.05, 4.69) is 0 Å². The van der Waals surface area contributed by atoms with Crippen LogP contribution in [0.5, 0.6) is 0 Å². The summed E-state index contributed by atoms with van der Waals surface area (Å²) in [6, 6.07) is 5.76. The van der Waals surface area contributed by atoms with Crippen molar-refractivity contribution in [3.63, 3.8) is 0 Å². The van der Waals surface area contributed by atoms with Gasteiger partial charge in [0.15, 0.2) is 0 Å². The molecule has 4 nitrogen and oxygen atoms in total.